The summed E-state index contributed by atoms with van der Waals surface area (Å²) in [7, 11) is 0. The molecule has 0 aliphatic carbocycles. The molecule has 0 fully saturated rings. The van der Waals surface area contributed by atoms with Gasteiger partial charge in [-0.2, -0.15) is 0 Å². The second kappa shape index (κ2) is 8.17. The van der Waals surface area contributed by atoms with Gasteiger partial charge < -0.3 is 15.1 Å². The van der Waals surface area contributed by atoms with Crippen molar-refractivity contribution in [2.24, 2.45) is 0 Å². The average Bonchev–Trinajstić information content (AvgIpc) is 3.06. The first-order valence-electron chi connectivity index (χ1n) is 7.78. The van der Waals surface area contributed by atoms with Crippen LogP contribution in [0.15, 0.2) is 47.1 Å². The Morgan fingerprint density at radius 2 is 1.87 bits per heavy atom. The fraction of sp³-hybridized carbons (Fsp3) is 0.333. The maximum Gasteiger partial charge on any atom is 0.286 e. The van der Waals surface area contributed by atoms with Crippen LogP contribution in [-0.4, -0.2) is 18.4 Å². The highest BCUT2D eigenvalue weighted by Crippen LogP contribution is 2.17. The molecule has 2 rings (SSSR count). The zero-order chi connectivity index (χ0) is 16.7. The minimum absolute atomic E-state index is 0.0606. The quantitative estimate of drug-likeness (QED) is 0.768. The van der Waals surface area contributed by atoms with Crippen LogP contribution >= 0.6 is 0 Å². The molecule has 0 atom stereocenters. The van der Waals surface area contributed by atoms with Gasteiger partial charge in [0.2, 0.25) is 5.91 Å². The highest BCUT2D eigenvalue weighted by Gasteiger charge is 2.08. The van der Waals surface area contributed by atoms with Crippen LogP contribution in [0.2, 0.25) is 0 Å². The fourth-order valence-corrected chi connectivity index (χ4v) is 2.12. The molecule has 122 valence electrons. The van der Waals surface area contributed by atoms with Crippen LogP contribution in [0.25, 0.3) is 0 Å². The lowest BCUT2D eigenvalue weighted by Gasteiger charge is -2.08. The molecule has 2 aromatic rings. The van der Waals surface area contributed by atoms with Crippen molar-refractivity contribution < 1.29 is 14.0 Å². The van der Waals surface area contributed by atoms with E-state index in [0.29, 0.717) is 25.3 Å². The summed E-state index contributed by atoms with van der Waals surface area (Å²) in [4.78, 5) is 23.5. The lowest BCUT2D eigenvalue weighted by molar-refractivity contribution is -0.116. The maximum absolute atomic E-state index is 11.9. The van der Waals surface area contributed by atoms with E-state index in [9.17, 15) is 9.59 Å². The Bertz CT molecular complexity index is 631. The molecular weight excluding hydrogens is 292 g/mol. The van der Waals surface area contributed by atoms with Crippen LogP contribution in [0.3, 0.4) is 0 Å². The average molecular weight is 314 g/mol. The molecule has 0 aliphatic rings. The monoisotopic (exact) mass is 314 g/mol. The van der Waals surface area contributed by atoms with Gasteiger partial charge in [0.15, 0.2) is 5.76 Å². The number of anilines is 1. The molecule has 1 aromatic carbocycles. The normalized spacial score (nSPS) is 10.6. The first-order chi connectivity index (χ1) is 11.1. The molecule has 0 aliphatic heterocycles. The molecule has 0 radical (unpaired) electrons. The Kier molecular flexibility index (Phi) is 5.97. The third-order valence-electron chi connectivity index (χ3n) is 3.47. The molecule has 0 saturated heterocycles. The van der Waals surface area contributed by atoms with Gasteiger partial charge in [0.25, 0.3) is 5.91 Å². The first kappa shape index (κ1) is 16.8. The highest BCUT2D eigenvalue weighted by molar-refractivity contribution is 5.92. The van der Waals surface area contributed by atoms with E-state index in [-0.39, 0.29) is 17.6 Å². The lowest BCUT2D eigenvalue weighted by atomic mass is 10.0. The number of nitrogens with one attached hydrogen (secondary N) is 2. The van der Waals surface area contributed by atoms with Crippen molar-refractivity contribution in [2.75, 3.05) is 11.9 Å². The van der Waals surface area contributed by atoms with Gasteiger partial charge in [-0.15, -0.1) is 0 Å². The molecule has 0 spiro atoms. The van der Waals surface area contributed by atoms with Gasteiger partial charge in [-0.05, 0) is 42.2 Å². The fourth-order valence-electron chi connectivity index (χ4n) is 2.12. The number of hydrogen-bond acceptors (Lipinski definition) is 3. The Hall–Kier alpha value is -2.56. The number of hydrogen-bond donors (Lipinski definition) is 2. The Labute approximate surface area is 136 Å². The molecular formula is C18H22N2O3. The SMILES string of the molecule is CC(C)c1ccc(NC(=O)CCCNC(=O)c2ccco2)cc1. The molecule has 5 heteroatoms. The predicted molar refractivity (Wildman–Crippen MR) is 89.4 cm³/mol. The van der Waals surface area contributed by atoms with E-state index in [1.807, 2.05) is 24.3 Å². The zero-order valence-corrected chi connectivity index (χ0v) is 13.5. The summed E-state index contributed by atoms with van der Waals surface area (Å²) in [5.74, 6) is 0.423. The molecule has 0 unspecified atom stereocenters. The van der Waals surface area contributed by atoms with E-state index < -0.39 is 0 Å². The summed E-state index contributed by atoms with van der Waals surface area (Å²) < 4.78 is 4.99. The van der Waals surface area contributed by atoms with Gasteiger partial charge in [-0.3, -0.25) is 9.59 Å². The van der Waals surface area contributed by atoms with Crippen LogP contribution in [0, 0.1) is 0 Å². The largest absolute Gasteiger partial charge is 0.459 e. The summed E-state index contributed by atoms with van der Waals surface area (Å²) in [5, 5.41) is 5.57. The van der Waals surface area contributed by atoms with E-state index in [4.69, 9.17) is 4.42 Å². The van der Waals surface area contributed by atoms with Crippen LogP contribution in [0.4, 0.5) is 5.69 Å². The number of rotatable bonds is 7. The van der Waals surface area contributed by atoms with Gasteiger partial charge in [0.1, 0.15) is 0 Å². The topological polar surface area (TPSA) is 71.3 Å². The van der Waals surface area contributed by atoms with Crippen molar-refractivity contribution in [3.05, 3.63) is 54.0 Å². The second-order valence-corrected chi connectivity index (χ2v) is 5.66. The lowest BCUT2D eigenvalue weighted by Crippen LogP contribution is -2.25. The van der Waals surface area contributed by atoms with Crippen LogP contribution < -0.4 is 10.6 Å². The predicted octanol–water partition coefficient (Wildman–Crippen LogP) is 3.55. The minimum Gasteiger partial charge on any atom is -0.459 e. The van der Waals surface area contributed by atoms with Crippen molar-refractivity contribution >= 4 is 17.5 Å². The Morgan fingerprint density at radius 3 is 2.48 bits per heavy atom. The number of amides is 2. The minimum atomic E-state index is -0.264. The molecule has 2 amide bonds. The van der Waals surface area contributed by atoms with E-state index in [0.717, 1.165) is 5.69 Å². The molecule has 1 aromatic heterocycles. The van der Waals surface area contributed by atoms with Gasteiger partial charge in [0.05, 0.1) is 6.26 Å². The summed E-state index contributed by atoms with van der Waals surface area (Å²) in [5.41, 5.74) is 2.03. The molecule has 2 N–H and O–H groups in total. The highest BCUT2D eigenvalue weighted by atomic mass is 16.3. The number of carbonyl (C=O) groups excluding carboxylic acids is 2. The van der Waals surface area contributed by atoms with E-state index in [2.05, 4.69) is 24.5 Å². The van der Waals surface area contributed by atoms with Crippen molar-refractivity contribution in [3.8, 4) is 0 Å². The molecule has 5 nitrogen and oxygen atoms in total. The van der Waals surface area contributed by atoms with Crippen molar-refractivity contribution in [1.29, 1.82) is 0 Å². The van der Waals surface area contributed by atoms with Crippen LogP contribution in [-0.2, 0) is 4.79 Å². The molecule has 1 heterocycles. The summed E-state index contributed by atoms with van der Waals surface area (Å²) in [6.45, 7) is 4.69. The zero-order valence-electron chi connectivity index (χ0n) is 13.5. The van der Waals surface area contributed by atoms with Gasteiger partial charge >= 0.3 is 0 Å². The molecule has 23 heavy (non-hydrogen) atoms. The molecule has 0 saturated carbocycles. The van der Waals surface area contributed by atoms with Gasteiger partial charge in [-0.25, -0.2) is 0 Å². The second-order valence-electron chi connectivity index (χ2n) is 5.66. The van der Waals surface area contributed by atoms with Crippen molar-refractivity contribution in [1.82, 2.24) is 5.32 Å². The standard InChI is InChI=1S/C18H22N2O3/c1-13(2)14-7-9-15(10-8-14)20-17(21)6-3-11-19-18(22)16-5-4-12-23-16/h4-5,7-10,12-13H,3,6,11H2,1-2H3,(H,19,22)(H,20,21). The van der Waals surface area contributed by atoms with Crippen LogP contribution in [0.5, 0.6) is 0 Å². The molecule has 0 bridgehead atoms. The van der Waals surface area contributed by atoms with Gasteiger partial charge in [-0.1, -0.05) is 26.0 Å². The van der Waals surface area contributed by atoms with Gasteiger partial charge in [0, 0.05) is 18.7 Å². The summed E-state index contributed by atoms with van der Waals surface area (Å²) >= 11 is 0. The Balaban J connectivity index is 1.68. The smallest absolute Gasteiger partial charge is 0.286 e. The van der Waals surface area contributed by atoms with Crippen LogP contribution in [0.1, 0.15) is 48.7 Å². The number of furan rings is 1. The van der Waals surface area contributed by atoms with E-state index in [1.165, 1.54) is 11.8 Å². The van der Waals surface area contributed by atoms with E-state index in [1.54, 1.807) is 12.1 Å². The number of benzene rings is 1. The number of carbonyl (C=O) groups is 2. The maximum atomic E-state index is 11.9. The third-order valence-corrected chi connectivity index (χ3v) is 3.47. The summed E-state index contributed by atoms with van der Waals surface area (Å²) in [6, 6.07) is 11.1. The van der Waals surface area contributed by atoms with Crippen molar-refractivity contribution in [2.45, 2.75) is 32.6 Å². The third kappa shape index (κ3) is 5.29. The summed E-state index contributed by atoms with van der Waals surface area (Å²) in [6.07, 6.45) is 2.37. The Morgan fingerprint density at radius 1 is 1.13 bits per heavy atom. The van der Waals surface area contributed by atoms with Crippen molar-refractivity contribution in [3.63, 3.8) is 0 Å². The van der Waals surface area contributed by atoms with E-state index >= 15 is 0 Å². The first-order valence-corrected chi connectivity index (χ1v) is 7.78.